The highest BCUT2D eigenvalue weighted by Gasteiger charge is 2.27. The summed E-state index contributed by atoms with van der Waals surface area (Å²) >= 11 is 0. The molecule has 6 aromatic rings. The van der Waals surface area contributed by atoms with Crippen LogP contribution in [0.4, 0.5) is 0 Å². The van der Waals surface area contributed by atoms with Crippen molar-refractivity contribution in [3.63, 3.8) is 0 Å². The molecule has 0 spiro atoms. The summed E-state index contributed by atoms with van der Waals surface area (Å²) in [5, 5.41) is 5.33. The van der Waals surface area contributed by atoms with Gasteiger partial charge in [0.05, 0.1) is 21.5 Å². The van der Waals surface area contributed by atoms with Crippen LogP contribution >= 0.6 is 0 Å². The lowest BCUT2D eigenvalue weighted by molar-refractivity contribution is -0.646. The van der Waals surface area contributed by atoms with Gasteiger partial charge in [-0.2, -0.15) is 9.13 Å². The maximum absolute atomic E-state index is 2.57. The highest BCUT2D eigenvalue weighted by atomic mass is 15.0. The van der Waals surface area contributed by atoms with Crippen molar-refractivity contribution < 1.29 is 9.13 Å². The quantitative estimate of drug-likeness (QED) is 0.131. The Morgan fingerprint density at radius 3 is 0.975 bits per heavy atom. The van der Waals surface area contributed by atoms with Crippen molar-refractivity contribution in [1.29, 1.82) is 0 Å². The predicted octanol–water partition coefficient (Wildman–Crippen LogP) is 9.41. The van der Waals surface area contributed by atoms with Crippen LogP contribution in [0.2, 0.25) is 0 Å². The Bertz CT molecular complexity index is 1560. The average molecular weight is 527 g/mol. The molecule has 0 bridgehead atoms. The van der Waals surface area contributed by atoms with Gasteiger partial charge in [-0.25, -0.2) is 0 Å². The summed E-state index contributed by atoms with van der Waals surface area (Å²) in [7, 11) is 0. The van der Waals surface area contributed by atoms with E-state index >= 15 is 0 Å². The number of hydrogen-bond acceptors (Lipinski definition) is 0. The maximum atomic E-state index is 2.57. The number of benzene rings is 4. The fourth-order valence-corrected chi connectivity index (χ4v) is 6.57. The smallest absolute Gasteiger partial charge is 0.191 e. The molecule has 2 heteroatoms. The molecule has 6 rings (SSSR count). The van der Waals surface area contributed by atoms with Gasteiger partial charge in [0, 0.05) is 48.2 Å². The van der Waals surface area contributed by atoms with E-state index in [1.54, 1.807) is 0 Å². The Balaban J connectivity index is 1.69. The number of fused-ring (bicyclic) bond motifs is 4. The van der Waals surface area contributed by atoms with Crippen LogP contribution in [-0.4, -0.2) is 0 Å². The monoisotopic (exact) mass is 526 g/mol. The molecule has 202 valence electrons. The summed E-state index contributed by atoms with van der Waals surface area (Å²) in [5.41, 5.74) is 7.99. The summed E-state index contributed by atoms with van der Waals surface area (Å²) in [6, 6.07) is 36.2. The van der Waals surface area contributed by atoms with E-state index in [4.69, 9.17) is 0 Å². The molecule has 0 fully saturated rings. The van der Waals surface area contributed by atoms with Gasteiger partial charge >= 0.3 is 0 Å². The number of hydrogen-bond donors (Lipinski definition) is 0. The molecule has 0 amide bonds. The van der Waals surface area contributed by atoms with Crippen LogP contribution < -0.4 is 9.13 Å². The van der Waals surface area contributed by atoms with Crippen LogP contribution in [0.15, 0.2) is 97.1 Å². The minimum atomic E-state index is 0.715. The number of rotatable bonds is 9. The van der Waals surface area contributed by atoms with Crippen LogP contribution in [0.5, 0.6) is 0 Å². The van der Waals surface area contributed by atoms with Crippen LogP contribution in [0.25, 0.3) is 54.7 Å². The molecule has 0 radical (unpaired) electrons. The molecule has 0 atom stereocenters. The second-order valence-corrected chi connectivity index (χ2v) is 12.2. The second kappa shape index (κ2) is 11.4. The molecule has 2 nitrogen and oxygen atoms in total. The van der Waals surface area contributed by atoms with Gasteiger partial charge in [-0.05, 0) is 48.9 Å². The van der Waals surface area contributed by atoms with E-state index in [9.17, 15) is 0 Å². The van der Waals surface area contributed by atoms with E-state index in [2.05, 4.69) is 134 Å². The Labute approximate surface area is 238 Å². The average Bonchev–Trinajstić information content (AvgIpc) is 2.97. The molecule has 0 saturated heterocycles. The van der Waals surface area contributed by atoms with Crippen molar-refractivity contribution in [3.8, 4) is 11.1 Å². The maximum Gasteiger partial charge on any atom is 0.213 e. The number of pyridine rings is 2. The third kappa shape index (κ3) is 4.85. The van der Waals surface area contributed by atoms with Gasteiger partial charge in [0.1, 0.15) is 13.1 Å². The first kappa shape index (κ1) is 26.4. The van der Waals surface area contributed by atoms with Gasteiger partial charge in [-0.1, -0.05) is 76.2 Å². The normalized spacial score (nSPS) is 12.1. The first-order chi connectivity index (χ1) is 19.5. The summed E-state index contributed by atoms with van der Waals surface area (Å²) < 4.78 is 5.13. The SMILES string of the molecule is CC(C)CCC[n+]1c2ccccc2c(-c2c3ccccc3[n+](CCCC(C)C)c3ccccc23)c2ccccc21. The molecule has 0 aliphatic rings. The van der Waals surface area contributed by atoms with Crippen LogP contribution in [-0.2, 0) is 13.1 Å². The Hall–Kier alpha value is -3.78. The standard InChI is InChI=1S/C38H42N2/c1-27(2)15-13-25-39-33-21-9-5-17-29(33)37(30-18-6-10-22-34(30)39)38-31-19-7-11-23-35(31)40(26-14-16-28(3)4)36-24-12-8-20-32(36)38/h5-12,17-24,27-28H,13-16,25-26H2,1-4H3/q+2. The molecule has 4 aromatic carbocycles. The summed E-state index contributed by atoms with van der Waals surface area (Å²) in [6.45, 7) is 11.4. The molecule has 40 heavy (non-hydrogen) atoms. The number of aromatic nitrogens is 2. The van der Waals surface area contributed by atoms with Crippen LogP contribution in [0, 0.1) is 11.8 Å². The second-order valence-electron chi connectivity index (χ2n) is 12.2. The van der Waals surface area contributed by atoms with Crippen LogP contribution in [0.1, 0.15) is 53.4 Å². The summed E-state index contributed by atoms with van der Waals surface area (Å²) in [4.78, 5) is 0. The molecule has 0 N–H and O–H groups in total. The summed E-state index contributed by atoms with van der Waals surface area (Å²) in [5.74, 6) is 1.43. The minimum absolute atomic E-state index is 0.715. The molecule has 2 aromatic heterocycles. The largest absolute Gasteiger partial charge is 0.213 e. The van der Waals surface area contributed by atoms with Crippen molar-refractivity contribution in [2.45, 2.75) is 66.5 Å². The summed E-state index contributed by atoms with van der Waals surface area (Å²) in [6.07, 6.45) is 4.84. The fourth-order valence-electron chi connectivity index (χ4n) is 6.57. The third-order valence-electron chi connectivity index (χ3n) is 8.43. The molecule has 0 unspecified atom stereocenters. The van der Waals surface area contributed by atoms with E-state index < -0.39 is 0 Å². The Morgan fingerprint density at radius 1 is 0.425 bits per heavy atom. The van der Waals surface area contributed by atoms with Crippen molar-refractivity contribution in [2.24, 2.45) is 11.8 Å². The van der Waals surface area contributed by atoms with E-state index in [1.807, 2.05) is 0 Å². The Morgan fingerprint density at radius 2 is 0.700 bits per heavy atom. The molecule has 2 heterocycles. The first-order valence-electron chi connectivity index (χ1n) is 15.2. The predicted molar refractivity (Wildman–Crippen MR) is 170 cm³/mol. The molecular weight excluding hydrogens is 484 g/mol. The minimum Gasteiger partial charge on any atom is -0.191 e. The molecular formula is C38H42N2+2. The van der Waals surface area contributed by atoms with E-state index in [0.29, 0.717) is 11.8 Å². The fraction of sp³-hybridized carbons (Fsp3) is 0.316. The number of para-hydroxylation sites is 4. The van der Waals surface area contributed by atoms with Gasteiger partial charge in [0.15, 0.2) is 0 Å². The molecule has 0 aliphatic carbocycles. The van der Waals surface area contributed by atoms with Crippen LogP contribution in [0.3, 0.4) is 0 Å². The zero-order chi connectivity index (χ0) is 27.6. The lowest BCUT2D eigenvalue weighted by atomic mass is 9.90. The van der Waals surface area contributed by atoms with Crippen molar-refractivity contribution in [3.05, 3.63) is 97.1 Å². The van der Waals surface area contributed by atoms with E-state index in [-0.39, 0.29) is 0 Å². The highest BCUT2D eigenvalue weighted by Crippen LogP contribution is 2.41. The third-order valence-corrected chi connectivity index (χ3v) is 8.43. The van der Waals surface area contributed by atoms with E-state index in [1.165, 1.54) is 80.4 Å². The number of nitrogens with zero attached hydrogens (tertiary/aromatic N) is 2. The zero-order valence-electron chi connectivity index (χ0n) is 24.5. The van der Waals surface area contributed by atoms with Gasteiger partial charge in [-0.15, -0.1) is 0 Å². The van der Waals surface area contributed by atoms with Gasteiger partial charge in [0.25, 0.3) is 0 Å². The van der Waals surface area contributed by atoms with Crippen molar-refractivity contribution in [2.75, 3.05) is 0 Å². The first-order valence-corrected chi connectivity index (χ1v) is 15.2. The molecule has 0 aliphatic heterocycles. The topological polar surface area (TPSA) is 7.76 Å². The molecule has 0 saturated carbocycles. The van der Waals surface area contributed by atoms with Crippen molar-refractivity contribution in [1.82, 2.24) is 0 Å². The Kier molecular flexibility index (Phi) is 7.52. The van der Waals surface area contributed by atoms with Gasteiger partial charge < -0.3 is 0 Å². The van der Waals surface area contributed by atoms with E-state index in [0.717, 1.165) is 13.1 Å². The highest BCUT2D eigenvalue weighted by molar-refractivity contribution is 6.18. The van der Waals surface area contributed by atoms with Gasteiger partial charge in [0.2, 0.25) is 22.1 Å². The van der Waals surface area contributed by atoms with Crippen molar-refractivity contribution >= 4 is 43.6 Å². The lowest BCUT2D eigenvalue weighted by Gasteiger charge is -2.16. The van der Waals surface area contributed by atoms with Gasteiger partial charge in [-0.3, -0.25) is 0 Å². The zero-order valence-corrected chi connectivity index (χ0v) is 24.5. The number of aryl methyl sites for hydroxylation is 2. The lowest BCUT2D eigenvalue weighted by Crippen LogP contribution is -2.37.